The maximum Gasteiger partial charge on any atom is 0.411 e. The number of hydrogen-bond donors (Lipinski definition) is 1. The number of nitrogens with two attached hydrogens (primary N) is 1. The molecule has 2 aliphatic rings. The first-order valence-electron chi connectivity index (χ1n) is 13.4. The van der Waals surface area contributed by atoms with Gasteiger partial charge >= 0.3 is 6.18 Å². The van der Waals surface area contributed by atoms with Crippen LogP contribution >= 0.6 is 0 Å². The molecule has 4 rings (SSSR count). The van der Waals surface area contributed by atoms with E-state index in [1.807, 2.05) is 0 Å². The maximum atomic E-state index is 14.2. The number of sulfonamides is 1. The lowest BCUT2D eigenvalue weighted by Crippen LogP contribution is -2.60. The van der Waals surface area contributed by atoms with Crippen molar-refractivity contribution in [2.75, 3.05) is 22.4 Å². The van der Waals surface area contributed by atoms with Gasteiger partial charge in [0.1, 0.15) is 23.5 Å². The summed E-state index contributed by atoms with van der Waals surface area (Å²) in [7, 11) is -4.51. The predicted octanol–water partition coefficient (Wildman–Crippen LogP) is 2.65. The lowest BCUT2D eigenvalue weighted by Gasteiger charge is -2.42. The van der Waals surface area contributed by atoms with Crippen molar-refractivity contribution in [2.24, 2.45) is 17.6 Å². The maximum absolute atomic E-state index is 14.2. The van der Waals surface area contributed by atoms with Gasteiger partial charge < -0.3 is 30.0 Å². The fraction of sp³-hybridized carbons (Fsp3) is 0.577. The van der Waals surface area contributed by atoms with Gasteiger partial charge in [-0.1, -0.05) is 0 Å². The molecule has 2 amide bonds. The van der Waals surface area contributed by atoms with Gasteiger partial charge in [0.05, 0.1) is 18.8 Å². The second-order valence-corrected chi connectivity index (χ2v) is 12.6. The Bertz CT molecular complexity index is 1460. The molecular weight excluding hydrogens is 583 g/mol. The van der Waals surface area contributed by atoms with Crippen molar-refractivity contribution in [3.8, 4) is 11.6 Å². The summed E-state index contributed by atoms with van der Waals surface area (Å²) in [5, 5.41) is 16.2. The molecule has 42 heavy (non-hydrogen) atoms. The Morgan fingerprint density at radius 2 is 1.93 bits per heavy atom. The predicted molar refractivity (Wildman–Crippen MR) is 142 cm³/mol. The number of aromatic nitrogens is 2. The minimum absolute atomic E-state index is 0.0150. The summed E-state index contributed by atoms with van der Waals surface area (Å²) >= 11 is 0. The van der Waals surface area contributed by atoms with Gasteiger partial charge in [0.2, 0.25) is 5.91 Å². The number of rotatable bonds is 11. The standard InChI is InChI=1S/C26H34F3N5O7S/c1-5-32-14-21(23(31-32)40-6-2)42(38,39)33-13-17(12-18(22(30)35)15-7-8-15)41-20-10-9-16(11-19(20)33)34(24(36)37)25(3,4)26(27,28)29/h9-11,14-15,17-18H,5-8,12-13H2,1-4H3,(H2,30,35)(H,36,37)/p-1/t17-,18-/m0/s1. The van der Waals surface area contributed by atoms with E-state index in [2.05, 4.69) is 5.10 Å². The van der Waals surface area contributed by atoms with E-state index in [1.54, 1.807) is 13.8 Å². The van der Waals surface area contributed by atoms with Crippen LogP contribution in [0.5, 0.6) is 11.6 Å². The number of aryl methyl sites for hydroxylation is 1. The summed E-state index contributed by atoms with van der Waals surface area (Å²) in [5.41, 5.74) is 2.00. The van der Waals surface area contributed by atoms with Gasteiger partial charge in [-0.15, -0.1) is 5.10 Å². The van der Waals surface area contributed by atoms with E-state index >= 15 is 0 Å². The number of nitrogens with zero attached hydrogens (tertiary/aromatic N) is 4. The number of benzene rings is 1. The van der Waals surface area contributed by atoms with Gasteiger partial charge in [0, 0.05) is 24.3 Å². The third kappa shape index (κ3) is 5.80. The van der Waals surface area contributed by atoms with Gasteiger partial charge in [-0.3, -0.25) is 13.8 Å². The highest BCUT2D eigenvalue weighted by Crippen LogP contribution is 2.46. The van der Waals surface area contributed by atoms with Crippen molar-refractivity contribution in [1.29, 1.82) is 0 Å². The topological polar surface area (TPSA) is 160 Å². The first kappa shape index (κ1) is 31.3. The molecule has 2 heterocycles. The molecule has 0 bridgehead atoms. The molecule has 0 saturated heterocycles. The highest BCUT2D eigenvalue weighted by molar-refractivity contribution is 7.93. The van der Waals surface area contributed by atoms with Crippen LogP contribution in [-0.2, 0) is 21.4 Å². The third-order valence-electron chi connectivity index (χ3n) is 7.51. The average Bonchev–Trinajstić information content (AvgIpc) is 3.64. The summed E-state index contributed by atoms with van der Waals surface area (Å²) in [4.78, 5) is 23.9. The number of hydrogen-bond acceptors (Lipinski definition) is 8. The van der Waals surface area contributed by atoms with Crippen LogP contribution in [0.15, 0.2) is 29.3 Å². The van der Waals surface area contributed by atoms with Crippen molar-refractivity contribution in [1.82, 2.24) is 9.78 Å². The highest BCUT2D eigenvalue weighted by atomic mass is 32.2. The monoisotopic (exact) mass is 616 g/mol. The van der Waals surface area contributed by atoms with Crippen LogP contribution in [0.25, 0.3) is 0 Å². The second-order valence-electron chi connectivity index (χ2n) is 10.8. The van der Waals surface area contributed by atoms with Crippen LogP contribution in [0, 0.1) is 11.8 Å². The smallest absolute Gasteiger partial charge is 0.411 e. The van der Waals surface area contributed by atoms with Crippen LogP contribution in [0.4, 0.5) is 29.3 Å². The molecule has 232 valence electrons. The van der Waals surface area contributed by atoms with E-state index in [9.17, 15) is 36.3 Å². The Kier molecular flexibility index (Phi) is 8.32. The minimum atomic E-state index is -5.00. The number of primary amides is 1. The molecule has 2 aromatic rings. The van der Waals surface area contributed by atoms with Crippen molar-refractivity contribution in [3.63, 3.8) is 0 Å². The Balaban J connectivity index is 1.86. The quantitative estimate of drug-likeness (QED) is 0.403. The molecule has 2 N–H and O–H groups in total. The molecular formula is C26H33F3N5O7S-. The second kappa shape index (κ2) is 11.2. The van der Waals surface area contributed by atoms with E-state index in [-0.39, 0.29) is 52.6 Å². The number of fused-ring (bicyclic) bond motifs is 1. The summed E-state index contributed by atoms with van der Waals surface area (Å²) in [5.74, 6) is -1.28. The van der Waals surface area contributed by atoms with Crippen molar-refractivity contribution >= 4 is 33.4 Å². The fourth-order valence-electron chi connectivity index (χ4n) is 4.98. The number of carboxylic acid groups (broad SMARTS) is 1. The number of anilines is 2. The van der Waals surface area contributed by atoms with Crippen molar-refractivity contribution in [3.05, 3.63) is 24.4 Å². The summed E-state index contributed by atoms with van der Waals surface area (Å²) in [6.07, 6.45) is -5.02. The molecule has 1 aromatic carbocycles. The first-order chi connectivity index (χ1) is 19.5. The molecule has 1 aliphatic carbocycles. The Morgan fingerprint density at radius 3 is 2.45 bits per heavy atom. The van der Waals surface area contributed by atoms with E-state index in [4.69, 9.17) is 15.2 Å². The minimum Gasteiger partial charge on any atom is -0.530 e. The van der Waals surface area contributed by atoms with Crippen LogP contribution in [-0.4, -0.2) is 61.2 Å². The zero-order valence-corrected chi connectivity index (χ0v) is 24.4. The SMILES string of the molecule is CCOc1nn(CC)cc1S(=O)(=O)N1C[C@H](C[C@H](C(N)=O)C2CC2)Oc2ccc(N(C(=O)[O-])C(C)(C)C(F)(F)F)cc21. The third-order valence-corrected chi connectivity index (χ3v) is 9.27. The lowest BCUT2D eigenvalue weighted by molar-refractivity contribution is -0.254. The van der Waals surface area contributed by atoms with Crippen LogP contribution < -0.4 is 29.5 Å². The Morgan fingerprint density at radius 1 is 1.26 bits per heavy atom. The van der Waals surface area contributed by atoms with Crippen LogP contribution in [0.1, 0.15) is 47.0 Å². The molecule has 2 atom stereocenters. The molecule has 1 fully saturated rings. The van der Waals surface area contributed by atoms with Gasteiger partial charge in [-0.25, -0.2) is 8.42 Å². The van der Waals surface area contributed by atoms with Gasteiger partial charge in [-0.2, -0.15) is 13.2 Å². The van der Waals surface area contributed by atoms with Gasteiger partial charge in [-0.05, 0) is 71.1 Å². The number of ether oxygens (including phenoxy) is 2. The number of amides is 2. The van der Waals surface area contributed by atoms with Crippen LogP contribution in [0.3, 0.4) is 0 Å². The van der Waals surface area contributed by atoms with E-state index in [0.29, 0.717) is 20.4 Å². The zero-order valence-electron chi connectivity index (χ0n) is 23.6. The molecule has 0 spiro atoms. The highest BCUT2D eigenvalue weighted by Gasteiger charge is 2.52. The van der Waals surface area contributed by atoms with E-state index in [1.165, 1.54) is 16.9 Å². The molecule has 0 radical (unpaired) electrons. The van der Waals surface area contributed by atoms with Crippen molar-refractivity contribution in [2.45, 2.75) is 76.2 Å². The molecule has 1 aromatic heterocycles. The van der Waals surface area contributed by atoms with E-state index in [0.717, 1.165) is 29.3 Å². The summed E-state index contributed by atoms with van der Waals surface area (Å²) in [6.45, 7) is 4.79. The molecule has 16 heteroatoms. The summed E-state index contributed by atoms with van der Waals surface area (Å²) in [6, 6.07) is 3.25. The van der Waals surface area contributed by atoms with Crippen molar-refractivity contribution < 1.29 is 45.8 Å². The number of halogens is 3. The fourth-order valence-corrected chi connectivity index (χ4v) is 6.55. The Hall–Kier alpha value is -3.69. The first-order valence-corrected chi connectivity index (χ1v) is 14.9. The number of alkyl halides is 3. The molecule has 1 aliphatic heterocycles. The largest absolute Gasteiger partial charge is 0.530 e. The molecule has 0 unspecified atom stereocenters. The van der Waals surface area contributed by atoms with E-state index < -0.39 is 51.4 Å². The molecule has 1 saturated carbocycles. The lowest BCUT2D eigenvalue weighted by atomic mass is 9.95. The van der Waals surface area contributed by atoms with Gasteiger partial charge in [0.25, 0.3) is 15.9 Å². The zero-order chi connectivity index (χ0) is 31.2. The number of carbonyl (C=O) groups is 2. The van der Waals surface area contributed by atoms with Crippen LogP contribution in [0.2, 0.25) is 0 Å². The average molecular weight is 617 g/mol. The van der Waals surface area contributed by atoms with Gasteiger partial charge in [0.15, 0.2) is 4.90 Å². The normalized spacial score (nSPS) is 18.2. The summed E-state index contributed by atoms with van der Waals surface area (Å²) < 4.78 is 83.8. The molecule has 12 nitrogen and oxygen atoms in total. The Labute approximate surface area is 241 Å². The number of carbonyl (C=O) groups excluding carboxylic acids is 2.